The van der Waals surface area contributed by atoms with Crippen molar-refractivity contribution in [3.63, 3.8) is 0 Å². The second-order valence-electron chi connectivity index (χ2n) is 5.12. The van der Waals surface area contributed by atoms with Crippen molar-refractivity contribution in [2.24, 2.45) is 0 Å². The van der Waals surface area contributed by atoms with Crippen LogP contribution < -0.4 is 5.32 Å². The maximum absolute atomic E-state index is 12.5. The molecular formula is C16H26F2N2O. The molecule has 0 radical (unpaired) electrons. The maximum atomic E-state index is 12.5. The molecule has 3 nitrogen and oxygen atoms in total. The highest BCUT2D eigenvalue weighted by Crippen LogP contribution is 2.17. The molecule has 0 aromatic heterocycles. The molecule has 5 heteroatoms. The summed E-state index contributed by atoms with van der Waals surface area (Å²) in [5, 5.41) is 12.4. The van der Waals surface area contributed by atoms with Crippen LogP contribution in [0.3, 0.4) is 0 Å². The molecule has 0 fully saturated rings. The normalized spacial score (nSPS) is 13.0. The summed E-state index contributed by atoms with van der Waals surface area (Å²) >= 11 is 0. The summed E-state index contributed by atoms with van der Waals surface area (Å²) in [5.41, 5.74) is 1.17. The van der Waals surface area contributed by atoms with Crippen LogP contribution in [0.5, 0.6) is 0 Å². The molecule has 1 aromatic rings. The third kappa shape index (κ3) is 7.50. The Kier molecular flexibility index (Phi) is 9.14. The van der Waals surface area contributed by atoms with E-state index < -0.39 is 6.43 Å². The van der Waals surface area contributed by atoms with Crippen LogP contribution in [0, 0.1) is 0 Å². The SMILES string of the molecule is CCCNC(CCN(CCO)CC(F)F)c1ccccc1. The molecule has 0 bridgehead atoms. The summed E-state index contributed by atoms with van der Waals surface area (Å²) in [6.07, 6.45) is -0.590. The second-order valence-corrected chi connectivity index (χ2v) is 5.12. The number of alkyl halides is 2. The Labute approximate surface area is 126 Å². The van der Waals surface area contributed by atoms with Gasteiger partial charge in [0.1, 0.15) is 0 Å². The van der Waals surface area contributed by atoms with E-state index in [9.17, 15) is 8.78 Å². The smallest absolute Gasteiger partial charge is 0.251 e. The van der Waals surface area contributed by atoms with E-state index in [1.165, 1.54) is 5.56 Å². The lowest BCUT2D eigenvalue weighted by atomic mass is 10.0. The highest BCUT2D eigenvalue weighted by molar-refractivity contribution is 5.18. The molecule has 0 saturated carbocycles. The fourth-order valence-electron chi connectivity index (χ4n) is 2.33. The monoisotopic (exact) mass is 300 g/mol. The lowest BCUT2D eigenvalue weighted by Gasteiger charge is -2.25. The van der Waals surface area contributed by atoms with Gasteiger partial charge in [-0.1, -0.05) is 37.3 Å². The van der Waals surface area contributed by atoms with Crippen LogP contribution in [0.4, 0.5) is 8.78 Å². The van der Waals surface area contributed by atoms with E-state index in [4.69, 9.17) is 5.11 Å². The van der Waals surface area contributed by atoms with Gasteiger partial charge in [0, 0.05) is 19.1 Å². The Morgan fingerprint density at radius 1 is 1.19 bits per heavy atom. The first-order valence-electron chi connectivity index (χ1n) is 7.57. The summed E-state index contributed by atoms with van der Waals surface area (Å²) in [6.45, 7) is 3.46. The van der Waals surface area contributed by atoms with Gasteiger partial charge >= 0.3 is 0 Å². The van der Waals surface area contributed by atoms with Gasteiger partial charge in [-0.25, -0.2) is 8.78 Å². The number of benzene rings is 1. The van der Waals surface area contributed by atoms with Crippen LogP contribution in [0.15, 0.2) is 30.3 Å². The number of halogens is 2. The first-order valence-corrected chi connectivity index (χ1v) is 7.57. The summed E-state index contributed by atoms with van der Waals surface area (Å²) in [6, 6.07) is 10.2. The van der Waals surface area contributed by atoms with E-state index in [0.29, 0.717) is 13.1 Å². The minimum Gasteiger partial charge on any atom is -0.395 e. The molecule has 120 valence electrons. The van der Waals surface area contributed by atoms with Crippen molar-refractivity contribution >= 4 is 0 Å². The molecule has 0 heterocycles. The number of nitrogens with zero attached hydrogens (tertiary/aromatic N) is 1. The van der Waals surface area contributed by atoms with Crippen LogP contribution >= 0.6 is 0 Å². The van der Waals surface area contributed by atoms with Gasteiger partial charge < -0.3 is 10.4 Å². The van der Waals surface area contributed by atoms with Crippen LogP contribution in [0.1, 0.15) is 31.4 Å². The Bertz CT molecular complexity index is 363. The predicted octanol–water partition coefficient (Wildman–Crippen LogP) is 2.68. The van der Waals surface area contributed by atoms with E-state index in [-0.39, 0.29) is 19.2 Å². The summed E-state index contributed by atoms with van der Waals surface area (Å²) in [5.74, 6) is 0. The molecule has 0 spiro atoms. The molecule has 21 heavy (non-hydrogen) atoms. The van der Waals surface area contributed by atoms with Gasteiger partial charge in [-0.3, -0.25) is 4.90 Å². The first kappa shape index (κ1) is 18.0. The van der Waals surface area contributed by atoms with Crippen LogP contribution in [0.25, 0.3) is 0 Å². The highest BCUT2D eigenvalue weighted by atomic mass is 19.3. The second kappa shape index (κ2) is 10.7. The predicted molar refractivity (Wildman–Crippen MR) is 81.6 cm³/mol. The van der Waals surface area contributed by atoms with Crippen LogP contribution in [0.2, 0.25) is 0 Å². The molecule has 1 unspecified atom stereocenters. The summed E-state index contributed by atoms with van der Waals surface area (Å²) < 4.78 is 25.0. The van der Waals surface area contributed by atoms with Crippen molar-refractivity contribution in [2.45, 2.75) is 32.2 Å². The van der Waals surface area contributed by atoms with Crippen LogP contribution in [-0.4, -0.2) is 49.2 Å². The van der Waals surface area contributed by atoms with Crippen LogP contribution in [-0.2, 0) is 0 Å². The standard InChI is InChI=1S/C16H26F2N2O/c1-2-9-19-15(14-6-4-3-5-7-14)8-10-20(11-12-21)13-16(17)18/h3-7,15-16,19,21H,2,8-13H2,1H3. The molecule has 0 aliphatic rings. The van der Waals surface area contributed by atoms with Gasteiger partial charge in [-0.05, 0) is 24.9 Å². The number of nitrogens with one attached hydrogen (secondary N) is 1. The minimum absolute atomic E-state index is 0.0922. The largest absolute Gasteiger partial charge is 0.395 e. The van der Waals surface area contributed by atoms with Crippen molar-refractivity contribution in [3.05, 3.63) is 35.9 Å². The lowest BCUT2D eigenvalue weighted by Crippen LogP contribution is -2.35. The number of aliphatic hydroxyl groups excluding tert-OH is 1. The van der Waals surface area contributed by atoms with E-state index in [0.717, 1.165) is 19.4 Å². The van der Waals surface area contributed by atoms with E-state index in [1.807, 2.05) is 18.2 Å². The van der Waals surface area contributed by atoms with Gasteiger partial charge in [-0.2, -0.15) is 0 Å². The molecule has 0 saturated heterocycles. The van der Waals surface area contributed by atoms with E-state index in [1.54, 1.807) is 4.90 Å². The van der Waals surface area contributed by atoms with E-state index >= 15 is 0 Å². The Morgan fingerprint density at radius 3 is 2.48 bits per heavy atom. The Hall–Kier alpha value is -1.04. The highest BCUT2D eigenvalue weighted by Gasteiger charge is 2.15. The molecule has 1 atom stereocenters. The third-order valence-corrected chi connectivity index (χ3v) is 3.39. The zero-order valence-electron chi connectivity index (χ0n) is 12.6. The summed E-state index contributed by atoms with van der Waals surface area (Å²) in [4.78, 5) is 1.62. The third-order valence-electron chi connectivity index (χ3n) is 3.39. The Morgan fingerprint density at radius 2 is 1.90 bits per heavy atom. The van der Waals surface area contributed by atoms with Crippen molar-refractivity contribution in [1.29, 1.82) is 0 Å². The molecule has 1 aromatic carbocycles. The maximum Gasteiger partial charge on any atom is 0.251 e. The number of rotatable bonds is 11. The van der Waals surface area contributed by atoms with E-state index in [2.05, 4.69) is 24.4 Å². The van der Waals surface area contributed by atoms with Gasteiger partial charge in [0.25, 0.3) is 6.43 Å². The molecule has 0 aliphatic carbocycles. The molecule has 0 aliphatic heterocycles. The number of aliphatic hydroxyl groups is 1. The van der Waals surface area contributed by atoms with Gasteiger partial charge in [0.2, 0.25) is 0 Å². The molecule has 1 rings (SSSR count). The van der Waals surface area contributed by atoms with Crippen molar-refractivity contribution in [2.75, 3.05) is 32.8 Å². The fourth-order valence-corrected chi connectivity index (χ4v) is 2.33. The van der Waals surface area contributed by atoms with Crippen molar-refractivity contribution in [3.8, 4) is 0 Å². The topological polar surface area (TPSA) is 35.5 Å². The molecule has 0 amide bonds. The van der Waals surface area contributed by atoms with Crippen molar-refractivity contribution in [1.82, 2.24) is 10.2 Å². The average Bonchev–Trinajstić information content (AvgIpc) is 2.48. The quantitative estimate of drug-likeness (QED) is 0.659. The molecule has 2 N–H and O–H groups in total. The first-order chi connectivity index (χ1) is 10.2. The Balaban J connectivity index is 2.58. The van der Waals surface area contributed by atoms with Gasteiger partial charge in [0.05, 0.1) is 13.2 Å². The summed E-state index contributed by atoms with van der Waals surface area (Å²) in [7, 11) is 0. The lowest BCUT2D eigenvalue weighted by molar-refractivity contribution is 0.0761. The molecular weight excluding hydrogens is 274 g/mol. The van der Waals surface area contributed by atoms with Crippen molar-refractivity contribution < 1.29 is 13.9 Å². The minimum atomic E-state index is -2.37. The number of hydrogen-bond donors (Lipinski definition) is 2. The number of hydrogen-bond acceptors (Lipinski definition) is 3. The van der Waals surface area contributed by atoms with Gasteiger partial charge in [0.15, 0.2) is 0 Å². The zero-order valence-corrected chi connectivity index (χ0v) is 12.6. The van der Waals surface area contributed by atoms with Gasteiger partial charge in [-0.15, -0.1) is 0 Å². The average molecular weight is 300 g/mol. The zero-order chi connectivity index (χ0) is 15.5. The fraction of sp³-hybridized carbons (Fsp3) is 0.625.